The third-order valence-corrected chi connectivity index (χ3v) is 8.50. The summed E-state index contributed by atoms with van der Waals surface area (Å²) in [5.74, 6) is 0. The Hall–Kier alpha value is -3.66. The molecule has 0 fully saturated rings. The van der Waals surface area contributed by atoms with Crippen LogP contribution in [0.15, 0.2) is 80.7 Å². The minimum Gasteiger partial charge on any atom is -0.243 e. The zero-order valence-corrected chi connectivity index (χ0v) is 19.2. The lowest BCUT2D eigenvalue weighted by molar-refractivity contribution is 0.315. The van der Waals surface area contributed by atoms with Gasteiger partial charge in [-0.2, -0.15) is 0 Å². The first-order valence-corrected chi connectivity index (χ1v) is 12.6. The molecule has 0 saturated heterocycles. The first kappa shape index (κ1) is 18.9. The van der Waals surface area contributed by atoms with Gasteiger partial charge in [-0.1, -0.05) is 36.4 Å². The van der Waals surface area contributed by atoms with E-state index in [1.165, 1.54) is 0 Å². The first-order chi connectivity index (χ1) is 16.4. The van der Waals surface area contributed by atoms with Gasteiger partial charge >= 0.3 is 0 Å². The smallest absolute Gasteiger partial charge is 0.144 e. The van der Waals surface area contributed by atoms with E-state index < -0.39 is 0 Å². The van der Waals surface area contributed by atoms with Crippen LogP contribution in [0.1, 0.15) is 0 Å². The van der Waals surface area contributed by atoms with Crippen molar-refractivity contribution in [3.8, 4) is 41.8 Å². The molecule has 6 nitrogen and oxygen atoms in total. The number of thiophene rings is 3. The second-order valence-electron chi connectivity index (χ2n) is 7.36. The Bertz CT molecular complexity index is 1600. The molecule has 5 aromatic heterocycles. The molecule has 158 valence electrons. The Kier molecular flexibility index (Phi) is 4.26. The number of nitrogens with zero attached hydrogens (tertiary/aromatic N) is 4. The zero-order chi connectivity index (χ0) is 21.8. The molecule has 5 heterocycles. The second-order valence-corrected chi connectivity index (χ2v) is 10.3. The van der Waals surface area contributed by atoms with Gasteiger partial charge in [0.1, 0.15) is 22.1 Å². The molecule has 0 atom stereocenters. The standard InChI is InChI=1S/C24H12N4O2S3/c1-3-17(31-11-1)13-5-7-15(23-21(13)25-29-27-23)19-9-10-20(33-19)16-8-6-14(18-4-2-12-32-18)22-24(16)28-30-26-22/h1-12H. The summed E-state index contributed by atoms with van der Waals surface area (Å²) in [7, 11) is 0. The van der Waals surface area contributed by atoms with Gasteiger partial charge in [0.05, 0.1) is 0 Å². The molecular weight excluding hydrogens is 472 g/mol. The Morgan fingerprint density at radius 2 is 0.848 bits per heavy atom. The summed E-state index contributed by atoms with van der Waals surface area (Å²) in [5.41, 5.74) is 7.11. The SMILES string of the molecule is c1csc(-c2ccc(-c3ccc(-c4ccc(-c5cccs5)c5nonc45)s3)c3nonc23)c1. The van der Waals surface area contributed by atoms with Gasteiger partial charge in [0.2, 0.25) is 0 Å². The molecule has 0 aliphatic carbocycles. The van der Waals surface area contributed by atoms with Crippen molar-refractivity contribution < 1.29 is 9.26 Å². The normalized spacial score (nSPS) is 11.6. The van der Waals surface area contributed by atoms with Crippen molar-refractivity contribution in [2.24, 2.45) is 0 Å². The molecule has 33 heavy (non-hydrogen) atoms. The van der Waals surface area contributed by atoms with E-state index in [4.69, 9.17) is 9.26 Å². The van der Waals surface area contributed by atoms with Gasteiger partial charge in [0.15, 0.2) is 0 Å². The number of aromatic nitrogens is 4. The summed E-state index contributed by atoms with van der Waals surface area (Å²) in [5, 5.41) is 20.9. The van der Waals surface area contributed by atoms with Crippen LogP contribution in [0.25, 0.3) is 63.8 Å². The Morgan fingerprint density at radius 1 is 0.455 bits per heavy atom. The lowest BCUT2D eigenvalue weighted by Crippen LogP contribution is -1.82. The van der Waals surface area contributed by atoms with E-state index in [0.29, 0.717) is 0 Å². The fraction of sp³-hybridized carbons (Fsp3) is 0. The minimum absolute atomic E-state index is 0.760. The van der Waals surface area contributed by atoms with E-state index in [9.17, 15) is 0 Å². The van der Waals surface area contributed by atoms with E-state index in [1.807, 2.05) is 12.1 Å². The highest BCUT2D eigenvalue weighted by molar-refractivity contribution is 7.19. The zero-order valence-electron chi connectivity index (χ0n) is 16.8. The Morgan fingerprint density at radius 3 is 1.21 bits per heavy atom. The predicted molar refractivity (Wildman–Crippen MR) is 133 cm³/mol. The summed E-state index contributed by atoms with van der Waals surface area (Å²) in [6.07, 6.45) is 0. The van der Waals surface area contributed by atoms with Crippen molar-refractivity contribution in [2.45, 2.75) is 0 Å². The van der Waals surface area contributed by atoms with Crippen LogP contribution < -0.4 is 0 Å². The summed E-state index contributed by atoms with van der Waals surface area (Å²) in [4.78, 5) is 4.44. The van der Waals surface area contributed by atoms with Crippen LogP contribution in [0.2, 0.25) is 0 Å². The largest absolute Gasteiger partial charge is 0.243 e. The first-order valence-electron chi connectivity index (χ1n) is 10.1. The highest BCUT2D eigenvalue weighted by Crippen LogP contribution is 2.42. The molecule has 0 unspecified atom stereocenters. The predicted octanol–water partition coefficient (Wildman–Crippen LogP) is 7.61. The van der Waals surface area contributed by atoms with Crippen LogP contribution in [0.5, 0.6) is 0 Å². The monoisotopic (exact) mass is 484 g/mol. The summed E-state index contributed by atoms with van der Waals surface area (Å²) in [6.45, 7) is 0. The van der Waals surface area contributed by atoms with E-state index in [1.54, 1.807) is 34.0 Å². The average Bonchev–Trinajstić information content (AvgIpc) is 3.69. The van der Waals surface area contributed by atoms with Crippen molar-refractivity contribution in [3.63, 3.8) is 0 Å². The molecule has 0 saturated carbocycles. The van der Waals surface area contributed by atoms with Crippen LogP contribution in [0.3, 0.4) is 0 Å². The van der Waals surface area contributed by atoms with Crippen LogP contribution in [-0.2, 0) is 0 Å². The lowest BCUT2D eigenvalue weighted by atomic mass is 10.1. The Labute approximate surface area is 198 Å². The third-order valence-electron chi connectivity index (χ3n) is 5.54. The fourth-order valence-electron chi connectivity index (χ4n) is 4.02. The van der Waals surface area contributed by atoms with E-state index in [2.05, 4.69) is 79.9 Å². The van der Waals surface area contributed by atoms with Gasteiger partial charge < -0.3 is 0 Å². The summed E-state index contributed by atoms with van der Waals surface area (Å²) in [6, 6.07) is 20.8. The molecule has 0 aliphatic rings. The van der Waals surface area contributed by atoms with Crippen LogP contribution in [0.4, 0.5) is 0 Å². The molecule has 0 radical (unpaired) electrons. The van der Waals surface area contributed by atoms with Crippen molar-refractivity contribution in [1.82, 2.24) is 20.6 Å². The lowest BCUT2D eigenvalue weighted by Gasteiger charge is -2.03. The highest BCUT2D eigenvalue weighted by Gasteiger charge is 2.19. The molecule has 0 spiro atoms. The van der Waals surface area contributed by atoms with Crippen molar-refractivity contribution >= 4 is 56.1 Å². The van der Waals surface area contributed by atoms with Gasteiger partial charge in [-0.15, -0.1) is 34.0 Å². The molecule has 2 aromatic carbocycles. The van der Waals surface area contributed by atoms with Crippen molar-refractivity contribution in [1.29, 1.82) is 0 Å². The van der Waals surface area contributed by atoms with Crippen LogP contribution in [-0.4, -0.2) is 20.6 Å². The Balaban J connectivity index is 1.34. The van der Waals surface area contributed by atoms with Crippen LogP contribution in [0, 0.1) is 0 Å². The number of fused-ring (bicyclic) bond motifs is 2. The average molecular weight is 485 g/mol. The van der Waals surface area contributed by atoms with Crippen molar-refractivity contribution in [2.75, 3.05) is 0 Å². The molecule has 0 amide bonds. The van der Waals surface area contributed by atoms with Gasteiger partial charge in [0, 0.05) is 41.8 Å². The quantitative estimate of drug-likeness (QED) is 0.256. The van der Waals surface area contributed by atoms with Gasteiger partial charge in [-0.25, -0.2) is 9.26 Å². The van der Waals surface area contributed by atoms with Crippen LogP contribution >= 0.6 is 34.0 Å². The van der Waals surface area contributed by atoms with Gasteiger partial charge in [-0.05, 0) is 55.7 Å². The molecular formula is C24H12N4O2S3. The number of rotatable bonds is 4. The molecule has 7 aromatic rings. The highest BCUT2D eigenvalue weighted by atomic mass is 32.1. The second kappa shape index (κ2) is 7.45. The number of hydrogen-bond acceptors (Lipinski definition) is 9. The maximum Gasteiger partial charge on any atom is 0.144 e. The maximum absolute atomic E-state index is 5.13. The van der Waals surface area contributed by atoms with E-state index in [0.717, 1.165) is 63.8 Å². The molecule has 0 N–H and O–H groups in total. The summed E-state index contributed by atoms with van der Waals surface area (Å²) >= 11 is 5.01. The molecule has 0 bridgehead atoms. The third kappa shape index (κ3) is 2.97. The number of benzene rings is 2. The molecule has 7 rings (SSSR count). The fourth-order valence-corrected chi connectivity index (χ4v) is 6.58. The summed E-state index contributed by atoms with van der Waals surface area (Å²) < 4.78 is 10.3. The molecule has 9 heteroatoms. The number of hydrogen-bond donors (Lipinski definition) is 0. The van der Waals surface area contributed by atoms with Gasteiger partial charge in [-0.3, -0.25) is 0 Å². The maximum atomic E-state index is 5.13. The van der Waals surface area contributed by atoms with Gasteiger partial charge in [0.25, 0.3) is 0 Å². The minimum atomic E-state index is 0.760. The topological polar surface area (TPSA) is 77.8 Å². The van der Waals surface area contributed by atoms with E-state index >= 15 is 0 Å². The molecule has 0 aliphatic heterocycles. The van der Waals surface area contributed by atoms with Crippen molar-refractivity contribution in [3.05, 3.63) is 71.4 Å². The van der Waals surface area contributed by atoms with E-state index in [-0.39, 0.29) is 0 Å².